The third-order valence-electron chi connectivity index (χ3n) is 5.73. The van der Waals surface area contributed by atoms with Gasteiger partial charge in [-0.2, -0.15) is 13.2 Å². The highest BCUT2D eigenvalue weighted by molar-refractivity contribution is 9.10. The van der Waals surface area contributed by atoms with Crippen molar-refractivity contribution in [2.45, 2.75) is 17.3 Å². The van der Waals surface area contributed by atoms with Gasteiger partial charge in [0.15, 0.2) is 14.6 Å². The molecule has 0 bridgehead atoms. The maximum atomic E-state index is 14.3. The van der Waals surface area contributed by atoms with E-state index in [2.05, 4.69) is 20.3 Å². The predicted octanol–water partition coefficient (Wildman–Crippen LogP) is 5.93. The second kappa shape index (κ2) is 9.31. The average Bonchev–Trinajstić information content (AvgIpc) is 3.24. The third kappa shape index (κ3) is 4.86. The number of sulfone groups is 1. The number of carbonyl (C=O) groups excluding carboxylic acids is 1. The number of halogens is 6. The zero-order valence-corrected chi connectivity index (χ0v) is 21.9. The number of rotatable bonds is 3. The van der Waals surface area contributed by atoms with Gasteiger partial charge in [0.25, 0.3) is 5.91 Å². The van der Waals surface area contributed by atoms with Crippen molar-refractivity contribution in [1.29, 1.82) is 0 Å². The lowest BCUT2D eigenvalue weighted by Gasteiger charge is -2.30. The van der Waals surface area contributed by atoms with Gasteiger partial charge in [-0.15, -0.1) is 0 Å². The molecule has 34 heavy (non-hydrogen) atoms. The lowest BCUT2D eigenvalue weighted by Crippen LogP contribution is -2.43. The Balaban J connectivity index is 1.56. The van der Waals surface area contributed by atoms with Crippen LogP contribution in [0.15, 0.2) is 45.3 Å². The number of benzene rings is 2. The van der Waals surface area contributed by atoms with Gasteiger partial charge in [-0.3, -0.25) is 4.79 Å². The van der Waals surface area contributed by atoms with Gasteiger partial charge >= 0.3 is 6.18 Å². The molecular formula is C21H16BrCl2F3N2O3S2. The normalized spacial score (nSPS) is 22.5. The fourth-order valence-electron chi connectivity index (χ4n) is 3.75. The third-order valence-corrected chi connectivity index (χ3v) is 10.5. The van der Waals surface area contributed by atoms with Gasteiger partial charge in [0, 0.05) is 25.1 Å². The molecule has 4 rings (SSSR count). The van der Waals surface area contributed by atoms with Gasteiger partial charge in [0.2, 0.25) is 0 Å². The van der Waals surface area contributed by atoms with Crippen LogP contribution in [0.3, 0.4) is 0 Å². The fourth-order valence-corrected chi connectivity index (χ4v) is 6.63. The van der Waals surface area contributed by atoms with Crippen LogP contribution >= 0.6 is 51.1 Å². The van der Waals surface area contributed by atoms with Crippen molar-refractivity contribution in [2.24, 2.45) is 4.40 Å². The van der Waals surface area contributed by atoms with Gasteiger partial charge in [-0.25, -0.2) is 12.8 Å². The Bertz CT molecular complexity index is 1250. The maximum absolute atomic E-state index is 14.3. The van der Waals surface area contributed by atoms with Crippen LogP contribution in [0.1, 0.15) is 27.9 Å². The summed E-state index contributed by atoms with van der Waals surface area (Å²) in [5.41, 5.74) is 0.892. The highest BCUT2D eigenvalue weighted by Crippen LogP contribution is 2.57. The Morgan fingerprint density at radius 3 is 2.18 bits per heavy atom. The number of hydrogen-bond donors (Lipinski definition) is 0. The first-order chi connectivity index (χ1) is 15.8. The van der Waals surface area contributed by atoms with Crippen molar-refractivity contribution in [3.63, 3.8) is 0 Å². The molecule has 2 aliphatic heterocycles. The molecule has 0 aliphatic carbocycles. The highest BCUT2D eigenvalue weighted by atomic mass is 79.9. The van der Waals surface area contributed by atoms with E-state index in [-0.39, 0.29) is 51.8 Å². The van der Waals surface area contributed by atoms with Crippen molar-refractivity contribution in [3.8, 4) is 0 Å². The van der Waals surface area contributed by atoms with Crippen LogP contribution in [0.4, 0.5) is 13.2 Å². The second-order valence-corrected chi connectivity index (χ2v) is 12.9. The van der Waals surface area contributed by atoms with Crippen LogP contribution < -0.4 is 0 Å². The minimum Gasteiger partial charge on any atom is -0.337 e. The molecule has 2 aliphatic rings. The molecule has 0 saturated carbocycles. The van der Waals surface area contributed by atoms with E-state index in [0.717, 1.165) is 0 Å². The van der Waals surface area contributed by atoms with Crippen molar-refractivity contribution >= 4 is 72.5 Å². The molecule has 0 N–H and O–H groups in total. The first-order valence-corrected chi connectivity index (χ1v) is 14.0. The second-order valence-electron chi connectivity index (χ2n) is 7.91. The molecule has 5 nitrogen and oxygen atoms in total. The van der Waals surface area contributed by atoms with Crippen LogP contribution in [0.5, 0.6) is 0 Å². The minimum absolute atomic E-state index is 0.0635. The van der Waals surface area contributed by atoms with Crippen LogP contribution in [0.25, 0.3) is 0 Å². The Hall–Kier alpha value is -1.27. The number of alkyl halides is 3. The molecule has 13 heteroatoms. The largest absolute Gasteiger partial charge is 0.409 e. The van der Waals surface area contributed by atoms with Crippen LogP contribution in [-0.2, 0) is 14.6 Å². The van der Waals surface area contributed by atoms with Crippen LogP contribution in [0.2, 0.25) is 10.0 Å². The van der Waals surface area contributed by atoms with Crippen molar-refractivity contribution in [2.75, 3.05) is 24.6 Å². The highest BCUT2D eigenvalue weighted by Gasteiger charge is 2.60. The van der Waals surface area contributed by atoms with Gasteiger partial charge in [-0.05, 0) is 63.3 Å². The van der Waals surface area contributed by atoms with Crippen LogP contribution in [-0.4, -0.2) is 55.7 Å². The predicted molar refractivity (Wildman–Crippen MR) is 132 cm³/mol. The van der Waals surface area contributed by atoms with Gasteiger partial charge in [-0.1, -0.05) is 35.3 Å². The molecule has 0 spiro atoms. The molecule has 1 atom stereocenters. The summed E-state index contributed by atoms with van der Waals surface area (Å²) in [5, 5.41) is 0.127. The van der Waals surface area contributed by atoms with E-state index in [9.17, 15) is 26.4 Å². The molecule has 1 saturated heterocycles. The molecule has 2 aromatic rings. The zero-order valence-electron chi connectivity index (χ0n) is 17.2. The summed E-state index contributed by atoms with van der Waals surface area (Å²) in [6.07, 6.45) is -5.08. The Kier molecular flexibility index (Phi) is 7.07. The van der Waals surface area contributed by atoms with Crippen molar-refractivity contribution in [1.82, 2.24) is 4.90 Å². The molecule has 0 aromatic heterocycles. The van der Waals surface area contributed by atoms with Crippen molar-refractivity contribution in [3.05, 3.63) is 67.6 Å². The topological polar surface area (TPSA) is 66.8 Å². The molecule has 1 amide bonds. The SMILES string of the molecule is O=C(c1ccc(C2=NSC(c3cc(Cl)c(Br)c(Cl)c3)(C(F)(F)F)C2)cc1)N1CCS(=O)(=O)CC1. The maximum Gasteiger partial charge on any atom is 0.409 e. The van der Waals surface area contributed by atoms with E-state index < -0.39 is 27.2 Å². The molecule has 2 heterocycles. The smallest absolute Gasteiger partial charge is 0.337 e. The molecule has 0 radical (unpaired) electrons. The zero-order chi connectivity index (χ0) is 24.9. The van der Waals surface area contributed by atoms with Crippen LogP contribution in [0, 0.1) is 0 Å². The number of hydrogen-bond acceptors (Lipinski definition) is 5. The Morgan fingerprint density at radius 2 is 1.65 bits per heavy atom. The van der Waals surface area contributed by atoms with Gasteiger partial charge in [0.05, 0.1) is 31.7 Å². The number of amides is 1. The Labute approximate surface area is 216 Å². The van der Waals surface area contributed by atoms with E-state index in [1.165, 1.54) is 29.2 Å². The first-order valence-electron chi connectivity index (χ1n) is 9.90. The van der Waals surface area contributed by atoms with E-state index in [4.69, 9.17) is 23.2 Å². The molecule has 2 aromatic carbocycles. The summed E-state index contributed by atoms with van der Waals surface area (Å²) in [4.78, 5) is 14.1. The number of nitrogens with zero attached hydrogens (tertiary/aromatic N) is 2. The van der Waals surface area contributed by atoms with E-state index >= 15 is 0 Å². The summed E-state index contributed by atoms with van der Waals surface area (Å²) in [6.45, 7) is 0.220. The van der Waals surface area contributed by atoms with E-state index in [1.54, 1.807) is 12.1 Å². The minimum atomic E-state index is -4.64. The Morgan fingerprint density at radius 1 is 1.09 bits per heavy atom. The first kappa shape index (κ1) is 25.8. The van der Waals surface area contributed by atoms with Crippen molar-refractivity contribution < 1.29 is 26.4 Å². The monoisotopic (exact) mass is 614 g/mol. The molecular weight excluding hydrogens is 600 g/mol. The quantitative estimate of drug-likeness (QED) is 0.317. The molecule has 182 valence electrons. The summed E-state index contributed by atoms with van der Waals surface area (Å²) >= 11 is 15.7. The fraction of sp³-hybridized carbons (Fsp3) is 0.333. The molecule has 1 fully saturated rings. The van der Waals surface area contributed by atoms with E-state index in [0.29, 0.717) is 27.5 Å². The number of carbonyl (C=O) groups is 1. The summed E-state index contributed by atoms with van der Waals surface area (Å²) < 4.78 is 68.1. The van der Waals surface area contributed by atoms with E-state index in [1.807, 2.05) is 0 Å². The summed E-state index contributed by atoms with van der Waals surface area (Å²) in [5.74, 6) is -0.504. The lowest BCUT2D eigenvalue weighted by atomic mass is 9.89. The standard InChI is InChI=1S/C21H16BrCl2F3N2O3S2/c22-18-15(23)9-14(10-16(18)24)20(21(25,26)27)11-17(28-33-20)12-1-3-13(4-2-12)19(30)29-5-7-34(31,32)8-6-29/h1-4,9-10H,5-8,11H2. The molecule has 1 unspecified atom stereocenters. The summed E-state index contributed by atoms with van der Waals surface area (Å²) in [6, 6.07) is 8.57. The van der Waals surface area contributed by atoms with Gasteiger partial charge < -0.3 is 4.90 Å². The average molecular weight is 616 g/mol. The summed E-state index contributed by atoms with van der Waals surface area (Å²) in [7, 11) is -3.13. The lowest BCUT2D eigenvalue weighted by molar-refractivity contribution is -0.159. The van der Waals surface area contributed by atoms with Gasteiger partial charge in [0.1, 0.15) is 0 Å².